The van der Waals surface area contributed by atoms with E-state index in [0.29, 0.717) is 16.9 Å². The summed E-state index contributed by atoms with van der Waals surface area (Å²) in [6.45, 7) is 0. The molecule has 0 aromatic heterocycles. The molecule has 6 nitrogen and oxygen atoms in total. The molecule has 0 spiro atoms. The third-order valence-electron chi connectivity index (χ3n) is 3.70. The number of nitrogens with one attached hydrogen (secondary N) is 2. The van der Waals surface area contributed by atoms with Crippen LogP contribution in [0.1, 0.15) is 10.4 Å². The molecule has 3 rings (SSSR count). The molecule has 0 radical (unpaired) electrons. The Morgan fingerprint density at radius 3 is 2.33 bits per heavy atom. The molecule has 0 heterocycles. The number of primary sulfonamides is 1. The minimum atomic E-state index is -3.88. The number of hydrogen-bond acceptors (Lipinski definition) is 4. The number of sulfonamides is 1. The van der Waals surface area contributed by atoms with Crippen molar-refractivity contribution in [3.63, 3.8) is 0 Å². The first-order valence-corrected chi connectivity index (χ1v) is 9.43. The van der Waals surface area contributed by atoms with Gasteiger partial charge in [-0.2, -0.15) is 0 Å². The maximum absolute atomic E-state index is 13.4. The Morgan fingerprint density at radius 2 is 1.59 bits per heavy atom. The Kier molecular flexibility index (Phi) is 5.20. The van der Waals surface area contributed by atoms with Gasteiger partial charge in [0, 0.05) is 11.4 Å². The molecule has 8 heteroatoms. The average Bonchev–Trinajstić information content (AvgIpc) is 2.62. The molecule has 27 heavy (non-hydrogen) atoms. The zero-order chi connectivity index (χ0) is 19.4. The normalized spacial score (nSPS) is 11.0. The van der Waals surface area contributed by atoms with Crippen molar-refractivity contribution in [2.24, 2.45) is 5.14 Å². The van der Waals surface area contributed by atoms with Gasteiger partial charge in [-0.15, -0.1) is 0 Å². The topological polar surface area (TPSA) is 101 Å². The molecule has 1 amide bonds. The number of benzene rings is 3. The molecular weight excluding hydrogens is 369 g/mol. The number of para-hydroxylation sites is 1. The van der Waals surface area contributed by atoms with Gasteiger partial charge in [0.05, 0.1) is 16.1 Å². The highest BCUT2D eigenvalue weighted by atomic mass is 32.2. The van der Waals surface area contributed by atoms with Crippen molar-refractivity contribution in [2.75, 3.05) is 10.6 Å². The highest BCUT2D eigenvalue weighted by molar-refractivity contribution is 7.89. The van der Waals surface area contributed by atoms with Crippen molar-refractivity contribution in [2.45, 2.75) is 4.90 Å². The summed E-state index contributed by atoms with van der Waals surface area (Å²) in [7, 11) is -3.88. The van der Waals surface area contributed by atoms with Crippen LogP contribution in [0.4, 0.5) is 21.5 Å². The molecule has 4 N–H and O–H groups in total. The van der Waals surface area contributed by atoms with E-state index in [4.69, 9.17) is 5.14 Å². The van der Waals surface area contributed by atoms with E-state index in [2.05, 4.69) is 10.6 Å². The smallest absolute Gasteiger partial charge is 0.257 e. The van der Waals surface area contributed by atoms with Gasteiger partial charge in [0.2, 0.25) is 10.0 Å². The summed E-state index contributed by atoms with van der Waals surface area (Å²) >= 11 is 0. The zero-order valence-corrected chi connectivity index (χ0v) is 14.8. The van der Waals surface area contributed by atoms with Gasteiger partial charge in [-0.1, -0.05) is 24.3 Å². The lowest BCUT2D eigenvalue weighted by Gasteiger charge is -2.13. The van der Waals surface area contributed by atoms with Gasteiger partial charge in [-0.05, 0) is 48.5 Å². The fourth-order valence-corrected chi connectivity index (χ4v) is 3.02. The lowest BCUT2D eigenvalue weighted by molar-refractivity contribution is 0.102. The van der Waals surface area contributed by atoms with E-state index in [1.807, 2.05) is 0 Å². The predicted molar refractivity (Wildman–Crippen MR) is 102 cm³/mol. The molecule has 0 aliphatic rings. The second kappa shape index (κ2) is 7.56. The van der Waals surface area contributed by atoms with Crippen LogP contribution >= 0.6 is 0 Å². The average molecular weight is 385 g/mol. The van der Waals surface area contributed by atoms with Crippen LogP contribution in [0.15, 0.2) is 77.7 Å². The Hall–Kier alpha value is -3.23. The van der Waals surface area contributed by atoms with E-state index >= 15 is 0 Å². The lowest BCUT2D eigenvalue weighted by atomic mass is 10.1. The summed E-state index contributed by atoms with van der Waals surface area (Å²) in [6, 6.07) is 18.2. The third kappa shape index (κ3) is 4.69. The summed E-state index contributed by atoms with van der Waals surface area (Å²) in [6.07, 6.45) is 0. The minimum absolute atomic E-state index is 0.105. The van der Waals surface area contributed by atoms with Gasteiger partial charge in [-0.3, -0.25) is 4.79 Å². The Morgan fingerprint density at radius 1 is 0.889 bits per heavy atom. The second-order valence-corrected chi connectivity index (χ2v) is 7.27. The van der Waals surface area contributed by atoms with Gasteiger partial charge < -0.3 is 10.6 Å². The number of carbonyl (C=O) groups is 1. The van der Waals surface area contributed by atoms with Crippen LogP contribution < -0.4 is 15.8 Å². The Labute approximate surface area is 155 Å². The maximum atomic E-state index is 13.4. The molecular formula is C19H16FN3O3S. The summed E-state index contributed by atoms with van der Waals surface area (Å²) < 4.78 is 36.3. The van der Waals surface area contributed by atoms with Crippen molar-refractivity contribution in [3.8, 4) is 0 Å². The van der Waals surface area contributed by atoms with Crippen LogP contribution in [0.3, 0.4) is 0 Å². The number of halogens is 1. The quantitative estimate of drug-likeness (QED) is 0.626. The molecule has 0 saturated carbocycles. The van der Waals surface area contributed by atoms with Gasteiger partial charge in [0.1, 0.15) is 5.82 Å². The van der Waals surface area contributed by atoms with E-state index in [9.17, 15) is 17.6 Å². The van der Waals surface area contributed by atoms with Crippen LogP contribution in [-0.4, -0.2) is 14.3 Å². The molecule has 3 aromatic rings. The monoisotopic (exact) mass is 385 g/mol. The van der Waals surface area contributed by atoms with Crippen LogP contribution in [0, 0.1) is 5.82 Å². The molecule has 138 valence electrons. The molecule has 0 fully saturated rings. The molecule has 0 bridgehead atoms. The van der Waals surface area contributed by atoms with Crippen molar-refractivity contribution in [1.82, 2.24) is 0 Å². The SMILES string of the molecule is NS(=O)(=O)c1cccc(NC(=O)c2ccccc2Nc2cccc(F)c2)c1. The van der Waals surface area contributed by atoms with Crippen molar-refractivity contribution in [3.05, 3.63) is 84.2 Å². The minimum Gasteiger partial charge on any atom is -0.355 e. The Bertz CT molecular complexity index is 1100. The van der Waals surface area contributed by atoms with Crippen molar-refractivity contribution >= 4 is 33.0 Å². The van der Waals surface area contributed by atoms with Gasteiger partial charge in [-0.25, -0.2) is 17.9 Å². The number of amides is 1. The van der Waals surface area contributed by atoms with Crippen LogP contribution in [0.2, 0.25) is 0 Å². The van der Waals surface area contributed by atoms with Crippen molar-refractivity contribution < 1.29 is 17.6 Å². The summed E-state index contributed by atoms with van der Waals surface area (Å²) in [5.74, 6) is -0.859. The zero-order valence-electron chi connectivity index (χ0n) is 14.0. The molecule has 0 aliphatic heterocycles. The van der Waals surface area contributed by atoms with Gasteiger partial charge in [0.15, 0.2) is 0 Å². The second-order valence-electron chi connectivity index (χ2n) is 5.71. The number of hydrogen-bond donors (Lipinski definition) is 3. The fraction of sp³-hybridized carbons (Fsp3) is 0. The first kappa shape index (κ1) is 18.6. The summed E-state index contributed by atoms with van der Waals surface area (Å²) in [4.78, 5) is 12.5. The van der Waals surface area contributed by atoms with Crippen LogP contribution in [-0.2, 0) is 10.0 Å². The van der Waals surface area contributed by atoms with Gasteiger partial charge >= 0.3 is 0 Å². The van der Waals surface area contributed by atoms with E-state index < -0.39 is 21.7 Å². The highest BCUT2D eigenvalue weighted by Gasteiger charge is 2.13. The summed E-state index contributed by atoms with van der Waals surface area (Å²) in [5, 5.41) is 10.7. The largest absolute Gasteiger partial charge is 0.355 e. The van der Waals surface area contributed by atoms with E-state index in [1.54, 1.807) is 42.5 Å². The number of nitrogens with two attached hydrogens (primary N) is 1. The van der Waals surface area contributed by atoms with E-state index in [1.165, 1.54) is 30.3 Å². The predicted octanol–water partition coefficient (Wildman–Crippen LogP) is 3.47. The summed E-state index contributed by atoms with van der Waals surface area (Å²) in [5.41, 5.74) is 1.56. The first-order valence-electron chi connectivity index (χ1n) is 7.89. The number of carbonyl (C=O) groups excluding carboxylic acids is 1. The number of rotatable bonds is 5. The maximum Gasteiger partial charge on any atom is 0.257 e. The lowest BCUT2D eigenvalue weighted by Crippen LogP contribution is -2.15. The van der Waals surface area contributed by atoms with Crippen LogP contribution in [0.5, 0.6) is 0 Å². The first-order chi connectivity index (χ1) is 12.8. The molecule has 0 atom stereocenters. The van der Waals surface area contributed by atoms with Crippen LogP contribution in [0.25, 0.3) is 0 Å². The van der Waals surface area contributed by atoms with E-state index in [-0.39, 0.29) is 10.6 Å². The van der Waals surface area contributed by atoms with Crippen molar-refractivity contribution in [1.29, 1.82) is 0 Å². The van der Waals surface area contributed by atoms with Gasteiger partial charge in [0.25, 0.3) is 5.91 Å². The van der Waals surface area contributed by atoms with E-state index in [0.717, 1.165) is 0 Å². The fourth-order valence-electron chi connectivity index (χ4n) is 2.46. The molecule has 0 unspecified atom stereocenters. The standard InChI is InChI=1S/C19H16FN3O3S/c20-13-5-3-6-14(11-13)22-18-10-2-1-9-17(18)19(24)23-15-7-4-8-16(12-15)27(21,25)26/h1-12,22H,(H,23,24)(H2,21,25,26). The Balaban J connectivity index is 1.86. The number of anilines is 3. The highest BCUT2D eigenvalue weighted by Crippen LogP contribution is 2.23. The molecule has 3 aromatic carbocycles. The third-order valence-corrected chi connectivity index (χ3v) is 4.61. The molecule has 0 aliphatic carbocycles. The molecule has 0 saturated heterocycles.